The number of nitrogens with one attached hydrogen (secondary N) is 1. The minimum absolute atomic E-state index is 0.300. The Hall–Kier alpha value is -4.72. The first-order chi connectivity index (χ1) is 16.5. The Morgan fingerprint density at radius 3 is 2.15 bits per heavy atom. The number of carbonyl (C=O) groups is 2. The van der Waals surface area contributed by atoms with E-state index in [9.17, 15) is 4.79 Å². The van der Waals surface area contributed by atoms with Crippen molar-refractivity contribution in [2.45, 2.75) is 6.92 Å². The van der Waals surface area contributed by atoms with Gasteiger partial charge in [-0.25, -0.2) is 10.1 Å². The van der Waals surface area contributed by atoms with Gasteiger partial charge in [-0.15, -0.1) is 0 Å². The average molecular weight is 457 g/mol. The van der Waals surface area contributed by atoms with Crippen molar-refractivity contribution in [2.75, 3.05) is 7.11 Å². The summed E-state index contributed by atoms with van der Waals surface area (Å²) in [4.78, 5) is 21.3. The van der Waals surface area contributed by atoms with E-state index in [1.807, 2.05) is 66.9 Å². The van der Waals surface area contributed by atoms with E-state index >= 15 is 0 Å². The Kier molecular flexibility index (Phi) is 8.29. The van der Waals surface area contributed by atoms with E-state index in [1.54, 1.807) is 42.3 Å². The number of aromatic nitrogens is 2. The molecular weight excluding hydrogens is 432 g/mol. The molecule has 34 heavy (non-hydrogen) atoms. The van der Waals surface area contributed by atoms with Crippen molar-refractivity contribution in [1.82, 2.24) is 15.2 Å². The van der Waals surface area contributed by atoms with Crippen LogP contribution in [0.3, 0.4) is 0 Å². The molecule has 0 saturated carbocycles. The van der Waals surface area contributed by atoms with Crippen LogP contribution in [0.2, 0.25) is 0 Å². The molecule has 0 radical (unpaired) electrons. The lowest BCUT2D eigenvalue weighted by atomic mass is 10.1. The number of carboxylic acids is 1. The maximum Gasteiger partial charge on any atom is 0.300 e. The van der Waals surface area contributed by atoms with Crippen molar-refractivity contribution in [3.8, 4) is 22.7 Å². The van der Waals surface area contributed by atoms with E-state index in [0.717, 1.165) is 29.4 Å². The quantitative estimate of drug-likeness (QED) is 0.330. The van der Waals surface area contributed by atoms with Crippen molar-refractivity contribution in [3.63, 3.8) is 0 Å². The number of benzene rings is 3. The first-order valence-corrected chi connectivity index (χ1v) is 10.4. The highest BCUT2D eigenvalue weighted by Gasteiger charge is 2.11. The molecule has 2 N–H and O–H groups in total. The highest BCUT2D eigenvalue weighted by atomic mass is 16.5. The summed E-state index contributed by atoms with van der Waals surface area (Å²) in [7, 11) is 1.58. The number of rotatable bonds is 6. The summed E-state index contributed by atoms with van der Waals surface area (Å²) in [6, 6.07) is 26.5. The number of carboxylic acid groups (broad SMARTS) is 1. The lowest BCUT2D eigenvalue weighted by Crippen LogP contribution is -2.17. The molecule has 0 aliphatic rings. The summed E-state index contributed by atoms with van der Waals surface area (Å²) in [6.45, 7) is 1.08. The Morgan fingerprint density at radius 1 is 0.971 bits per heavy atom. The molecule has 0 bridgehead atoms. The molecule has 8 heteroatoms. The Balaban J connectivity index is 0.000000751. The van der Waals surface area contributed by atoms with E-state index in [1.165, 1.54) is 0 Å². The van der Waals surface area contributed by atoms with Crippen LogP contribution >= 0.6 is 0 Å². The first kappa shape index (κ1) is 23.9. The van der Waals surface area contributed by atoms with Gasteiger partial charge in [-0.1, -0.05) is 48.5 Å². The summed E-state index contributed by atoms with van der Waals surface area (Å²) in [5, 5.41) is 16.3. The van der Waals surface area contributed by atoms with Crippen LogP contribution in [-0.2, 0) is 4.79 Å². The van der Waals surface area contributed by atoms with Gasteiger partial charge >= 0.3 is 0 Å². The first-order valence-electron chi connectivity index (χ1n) is 10.4. The van der Waals surface area contributed by atoms with Gasteiger partial charge in [0.1, 0.15) is 11.4 Å². The lowest BCUT2D eigenvalue weighted by Gasteiger charge is -2.02. The van der Waals surface area contributed by atoms with E-state index in [-0.39, 0.29) is 5.91 Å². The molecule has 0 spiro atoms. The molecule has 1 amide bonds. The van der Waals surface area contributed by atoms with Gasteiger partial charge in [0.15, 0.2) is 0 Å². The minimum Gasteiger partial charge on any atom is -0.497 e. The van der Waals surface area contributed by atoms with Gasteiger partial charge in [0.05, 0.1) is 19.0 Å². The Morgan fingerprint density at radius 2 is 1.56 bits per heavy atom. The van der Waals surface area contributed by atoms with Gasteiger partial charge in [-0.3, -0.25) is 9.59 Å². The molecule has 1 heterocycles. The molecule has 0 saturated heterocycles. The topological polar surface area (TPSA) is 106 Å². The number of amides is 1. The number of hydrazone groups is 1. The molecule has 4 rings (SSSR count). The molecule has 0 fully saturated rings. The standard InChI is InChI=1S/C24H20N4O2.C2H4O2/c1-30-22-14-12-19(13-15-22)24(29)26-25-16-20-17-28(21-10-6-3-7-11-21)27-23(20)18-8-4-2-5-9-18;1-2(3)4/h2-17H,1H3,(H,26,29);1H3,(H,3,4). The number of hydrogen-bond donors (Lipinski definition) is 2. The van der Waals surface area contributed by atoms with Crippen molar-refractivity contribution < 1.29 is 19.4 Å². The predicted octanol–water partition coefficient (Wildman–Crippen LogP) is 4.40. The maximum absolute atomic E-state index is 12.3. The molecule has 0 aliphatic carbocycles. The number of aliphatic carboxylic acids is 1. The Bertz CT molecular complexity index is 1250. The zero-order valence-electron chi connectivity index (χ0n) is 18.8. The van der Waals surface area contributed by atoms with Crippen molar-refractivity contribution in [3.05, 3.63) is 102 Å². The molecule has 8 nitrogen and oxygen atoms in total. The number of hydrogen-bond acceptors (Lipinski definition) is 5. The second-order valence-electron chi connectivity index (χ2n) is 7.03. The molecule has 0 aliphatic heterocycles. The molecular formula is C26H24N4O4. The molecule has 3 aromatic carbocycles. The predicted molar refractivity (Wildman–Crippen MR) is 130 cm³/mol. The molecule has 0 unspecified atom stereocenters. The zero-order valence-corrected chi connectivity index (χ0v) is 18.8. The fraction of sp³-hybridized carbons (Fsp3) is 0.0769. The normalized spacial score (nSPS) is 10.3. The minimum atomic E-state index is -0.833. The SMILES string of the molecule is CC(=O)O.COc1ccc(C(=O)NN=Cc2cn(-c3ccccc3)nc2-c2ccccc2)cc1. The fourth-order valence-corrected chi connectivity index (χ4v) is 2.98. The Labute approximate surface area is 197 Å². The van der Waals surface area contributed by atoms with Crippen LogP contribution < -0.4 is 10.2 Å². The number of methoxy groups -OCH3 is 1. The average Bonchev–Trinajstić information content (AvgIpc) is 3.29. The number of para-hydroxylation sites is 1. The number of ether oxygens (including phenoxy) is 1. The fourth-order valence-electron chi connectivity index (χ4n) is 2.98. The third-order valence-corrected chi connectivity index (χ3v) is 4.53. The summed E-state index contributed by atoms with van der Waals surface area (Å²) < 4.78 is 6.91. The van der Waals surface area contributed by atoms with E-state index in [2.05, 4.69) is 10.5 Å². The number of nitrogens with zero attached hydrogens (tertiary/aromatic N) is 3. The van der Waals surface area contributed by atoms with Gasteiger partial charge < -0.3 is 9.84 Å². The van der Waals surface area contributed by atoms with Crippen molar-refractivity contribution in [1.29, 1.82) is 0 Å². The molecule has 4 aromatic rings. The highest BCUT2D eigenvalue weighted by Crippen LogP contribution is 2.22. The summed E-state index contributed by atoms with van der Waals surface area (Å²) in [6.07, 6.45) is 3.50. The van der Waals surface area contributed by atoms with Gasteiger partial charge in [0, 0.05) is 29.8 Å². The van der Waals surface area contributed by atoms with Crippen molar-refractivity contribution in [2.24, 2.45) is 5.10 Å². The van der Waals surface area contributed by atoms with Crippen LogP contribution in [0, 0.1) is 0 Å². The van der Waals surface area contributed by atoms with E-state index in [4.69, 9.17) is 19.7 Å². The second-order valence-corrected chi connectivity index (χ2v) is 7.03. The third-order valence-electron chi connectivity index (χ3n) is 4.53. The highest BCUT2D eigenvalue weighted by molar-refractivity contribution is 5.95. The van der Waals surface area contributed by atoms with Gasteiger partial charge in [-0.2, -0.15) is 10.2 Å². The molecule has 1 aromatic heterocycles. The molecule has 172 valence electrons. The van der Waals surface area contributed by atoms with E-state index in [0.29, 0.717) is 11.3 Å². The van der Waals surface area contributed by atoms with Crippen LogP contribution in [0.25, 0.3) is 16.9 Å². The van der Waals surface area contributed by atoms with Gasteiger partial charge in [-0.05, 0) is 36.4 Å². The smallest absolute Gasteiger partial charge is 0.300 e. The monoisotopic (exact) mass is 456 g/mol. The lowest BCUT2D eigenvalue weighted by molar-refractivity contribution is -0.134. The number of carbonyl (C=O) groups excluding carboxylic acids is 1. The molecule has 0 atom stereocenters. The largest absolute Gasteiger partial charge is 0.497 e. The van der Waals surface area contributed by atoms with Crippen LogP contribution in [-0.4, -0.2) is 40.1 Å². The summed E-state index contributed by atoms with van der Waals surface area (Å²) in [5.74, 6) is -0.443. The third kappa shape index (κ3) is 6.64. The maximum atomic E-state index is 12.3. The van der Waals surface area contributed by atoms with Crippen LogP contribution in [0.5, 0.6) is 5.75 Å². The van der Waals surface area contributed by atoms with Gasteiger partial charge in [0.25, 0.3) is 11.9 Å². The van der Waals surface area contributed by atoms with Crippen LogP contribution in [0.15, 0.2) is 96.2 Å². The zero-order chi connectivity index (χ0) is 24.3. The van der Waals surface area contributed by atoms with Crippen LogP contribution in [0.4, 0.5) is 0 Å². The van der Waals surface area contributed by atoms with E-state index < -0.39 is 5.97 Å². The summed E-state index contributed by atoms with van der Waals surface area (Å²) >= 11 is 0. The second kappa shape index (κ2) is 11.8. The van der Waals surface area contributed by atoms with Crippen LogP contribution in [0.1, 0.15) is 22.8 Å². The van der Waals surface area contributed by atoms with Crippen molar-refractivity contribution >= 4 is 18.1 Å². The summed E-state index contributed by atoms with van der Waals surface area (Å²) in [5.41, 5.74) is 6.54. The van der Waals surface area contributed by atoms with Gasteiger partial charge in [0.2, 0.25) is 0 Å².